The van der Waals surface area contributed by atoms with Crippen LogP contribution in [0.3, 0.4) is 0 Å². The predicted molar refractivity (Wildman–Crippen MR) is 68.4 cm³/mol. The summed E-state index contributed by atoms with van der Waals surface area (Å²) in [6.07, 6.45) is 5.71. The summed E-state index contributed by atoms with van der Waals surface area (Å²) in [5.41, 5.74) is 0. The summed E-state index contributed by atoms with van der Waals surface area (Å²) in [6, 6.07) is -0.308. The highest BCUT2D eigenvalue weighted by Gasteiger charge is 2.31. The van der Waals surface area contributed by atoms with Gasteiger partial charge in [-0.1, -0.05) is 11.6 Å². The van der Waals surface area contributed by atoms with Gasteiger partial charge >= 0.3 is 0 Å². The summed E-state index contributed by atoms with van der Waals surface area (Å²) < 4.78 is 29.7. The maximum absolute atomic E-state index is 12.1. The molecule has 0 saturated carbocycles. The fourth-order valence-electron chi connectivity index (χ4n) is 2.20. The van der Waals surface area contributed by atoms with E-state index in [2.05, 4.69) is 15.0 Å². The van der Waals surface area contributed by atoms with E-state index in [9.17, 15) is 13.5 Å². The Bertz CT molecular complexity index is 475. The smallest absolute Gasteiger partial charge is 0.279 e. The van der Waals surface area contributed by atoms with Crippen LogP contribution in [0.1, 0.15) is 19.3 Å². The summed E-state index contributed by atoms with van der Waals surface area (Å²) in [6.45, 7) is 1.01. The Hall–Kier alpha value is -1.03. The predicted octanol–water partition coefficient (Wildman–Crippen LogP) is -1.04. The van der Waals surface area contributed by atoms with E-state index in [1.807, 2.05) is 0 Å². The fraction of sp³-hybridized carbons (Fsp3) is 0.800. The number of nitrogens with one attached hydrogen (secondary N) is 1. The molecule has 0 spiro atoms. The van der Waals surface area contributed by atoms with E-state index in [4.69, 9.17) is 0 Å². The summed E-state index contributed by atoms with van der Waals surface area (Å²) in [4.78, 5) is 0. The quantitative estimate of drug-likeness (QED) is 0.696. The number of nitrogens with zero attached hydrogens (tertiary/aromatic N) is 4. The molecule has 19 heavy (non-hydrogen) atoms. The highest BCUT2D eigenvalue weighted by atomic mass is 32.2. The average molecular weight is 289 g/mol. The summed E-state index contributed by atoms with van der Waals surface area (Å²) in [5.74, 6) is 0. The molecule has 2 rings (SSSR count). The molecule has 1 aliphatic rings. The van der Waals surface area contributed by atoms with E-state index >= 15 is 0 Å². The van der Waals surface area contributed by atoms with Crippen LogP contribution in [-0.4, -0.2) is 58.6 Å². The van der Waals surface area contributed by atoms with E-state index in [0.29, 0.717) is 19.5 Å². The van der Waals surface area contributed by atoms with Gasteiger partial charge in [-0.15, -0.1) is 5.10 Å². The molecule has 2 heterocycles. The van der Waals surface area contributed by atoms with Crippen molar-refractivity contribution in [2.75, 3.05) is 19.7 Å². The van der Waals surface area contributed by atoms with Crippen LogP contribution in [0.25, 0.3) is 0 Å². The lowest BCUT2D eigenvalue weighted by Crippen LogP contribution is -2.50. The number of hydrogen-bond donors (Lipinski definition) is 2. The second kappa shape index (κ2) is 6.42. The lowest BCUT2D eigenvalue weighted by molar-refractivity contribution is 0.154. The van der Waals surface area contributed by atoms with Crippen molar-refractivity contribution in [2.45, 2.75) is 31.8 Å². The summed E-state index contributed by atoms with van der Waals surface area (Å²) >= 11 is 0. The van der Waals surface area contributed by atoms with Gasteiger partial charge in [0.25, 0.3) is 10.2 Å². The molecule has 0 aromatic carbocycles. The van der Waals surface area contributed by atoms with Crippen molar-refractivity contribution >= 4 is 10.2 Å². The van der Waals surface area contributed by atoms with Gasteiger partial charge in [0.2, 0.25) is 0 Å². The highest BCUT2D eigenvalue weighted by Crippen LogP contribution is 2.19. The van der Waals surface area contributed by atoms with Crippen LogP contribution in [-0.2, 0) is 16.8 Å². The van der Waals surface area contributed by atoms with Crippen LogP contribution in [0.15, 0.2) is 12.4 Å². The molecule has 1 aliphatic heterocycles. The van der Waals surface area contributed by atoms with E-state index in [1.54, 1.807) is 17.1 Å². The third-order valence-electron chi connectivity index (χ3n) is 3.19. The number of rotatable bonds is 6. The summed E-state index contributed by atoms with van der Waals surface area (Å²) in [5, 5.41) is 16.6. The first-order valence-electron chi connectivity index (χ1n) is 6.35. The maximum Gasteiger partial charge on any atom is 0.279 e. The Kier molecular flexibility index (Phi) is 4.86. The molecule has 1 fully saturated rings. The van der Waals surface area contributed by atoms with Crippen molar-refractivity contribution in [3.8, 4) is 0 Å². The van der Waals surface area contributed by atoms with E-state index in [-0.39, 0.29) is 19.2 Å². The third-order valence-corrected chi connectivity index (χ3v) is 4.86. The van der Waals surface area contributed by atoms with Gasteiger partial charge in [-0.05, 0) is 12.8 Å². The zero-order chi connectivity index (χ0) is 13.7. The van der Waals surface area contributed by atoms with Crippen LogP contribution in [0.4, 0.5) is 0 Å². The fourth-order valence-corrected chi connectivity index (χ4v) is 3.65. The molecule has 8 nitrogen and oxygen atoms in total. The molecule has 108 valence electrons. The Labute approximate surface area is 112 Å². The molecule has 9 heteroatoms. The van der Waals surface area contributed by atoms with Gasteiger partial charge < -0.3 is 5.11 Å². The van der Waals surface area contributed by atoms with Gasteiger partial charge in [-0.25, -0.2) is 4.72 Å². The Morgan fingerprint density at radius 1 is 1.42 bits per heavy atom. The third kappa shape index (κ3) is 3.72. The van der Waals surface area contributed by atoms with Crippen LogP contribution >= 0.6 is 0 Å². The molecule has 0 bridgehead atoms. The van der Waals surface area contributed by atoms with E-state index in [1.165, 1.54) is 4.31 Å². The van der Waals surface area contributed by atoms with Crippen molar-refractivity contribution in [2.24, 2.45) is 0 Å². The molecule has 1 aromatic rings. The van der Waals surface area contributed by atoms with Gasteiger partial charge in [0, 0.05) is 25.3 Å². The van der Waals surface area contributed by atoms with Gasteiger partial charge in [0.15, 0.2) is 0 Å². The highest BCUT2D eigenvalue weighted by molar-refractivity contribution is 7.87. The van der Waals surface area contributed by atoms with Crippen LogP contribution in [0.2, 0.25) is 0 Å². The SMILES string of the molecule is O=S(=O)(NCCn1ccnn1)N1CCCCC1CO. The standard InChI is InChI=1S/C10H19N5O3S/c16-9-10-3-1-2-6-15(10)19(17,18)12-5-8-14-7-4-11-13-14/h4,7,10,12,16H,1-3,5-6,8-9H2. The van der Waals surface area contributed by atoms with Crippen molar-refractivity contribution in [3.05, 3.63) is 12.4 Å². The van der Waals surface area contributed by atoms with Gasteiger partial charge in [0.1, 0.15) is 0 Å². The van der Waals surface area contributed by atoms with Gasteiger partial charge in [-0.2, -0.15) is 12.7 Å². The number of aromatic nitrogens is 3. The van der Waals surface area contributed by atoms with E-state index < -0.39 is 10.2 Å². The topological polar surface area (TPSA) is 100 Å². The van der Waals surface area contributed by atoms with Gasteiger partial charge in [0.05, 0.1) is 19.3 Å². The minimum absolute atomic E-state index is 0.135. The first-order chi connectivity index (χ1) is 9.13. The number of piperidine rings is 1. The molecular formula is C10H19N5O3S. The molecule has 2 N–H and O–H groups in total. The second-order valence-corrected chi connectivity index (χ2v) is 6.22. The molecule has 1 atom stereocenters. The zero-order valence-electron chi connectivity index (χ0n) is 10.6. The average Bonchev–Trinajstić information content (AvgIpc) is 2.91. The lowest BCUT2D eigenvalue weighted by Gasteiger charge is -2.33. The van der Waals surface area contributed by atoms with Crippen LogP contribution < -0.4 is 4.72 Å². The lowest BCUT2D eigenvalue weighted by atomic mass is 10.1. The molecule has 1 aromatic heterocycles. The van der Waals surface area contributed by atoms with Crippen molar-refractivity contribution in [3.63, 3.8) is 0 Å². The molecule has 0 amide bonds. The van der Waals surface area contributed by atoms with Gasteiger partial charge in [-0.3, -0.25) is 4.68 Å². The largest absolute Gasteiger partial charge is 0.395 e. The second-order valence-electron chi connectivity index (χ2n) is 4.51. The maximum atomic E-state index is 12.1. The number of aliphatic hydroxyl groups excluding tert-OH is 1. The molecule has 0 aliphatic carbocycles. The van der Waals surface area contributed by atoms with Crippen molar-refractivity contribution in [1.82, 2.24) is 24.0 Å². The zero-order valence-corrected chi connectivity index (χ0v) is 11.5. The number of aliphatic hydroxyl groups is 1. The van der Waals surface area contributed by atoms with Crippen molar-refractivity contribution in [1.29, 1.82) is 0 Å². The molecule has 0 radical (unpaired) electrons. The first kappa shape index (κ1) is 14.4. The Morgan fingerprint density at radius 3 is 2.95 bits per heavy atom. The normalized spacial score (nSPS) is 21.6. The minimum atomic E-state index is -3.54. The monoisotopic (exact) mass is 289 g/mol. The van der Waals surface area contributed by atoms with E-state index in [0.717, 1.165) is 12.8 Å². The first-order valence-corrected chi connectivity index (χ1v) is 7.79. The Balaban J connectivity index is 1.89. The summed E-state index contributed by atoms with van der Waals surface area (Å²) in [7, 11) is -3.54. The molecule has 1 unspecified atom stereocenters. The van der Waals surface area contributed by atoms with Crippen LogP contribution in [0, 0.1) is 0 Å². The van der Waals surface area contributed by atoms with Crippen LogP contribution in [0.5, 0.6) is 0 Å². The molecule has 1 saturated heterocycles. The Morgan fingerprint density at radius 2 is 2.26 bits per heavy atom. The minimum Gasteiger partial charge on any atom is -0.395 e. The molecular weight excluding hydrogens is 270 g/mol. The van der Waals surface area contributed by atoms with Crippen molar-refractivity contribution < 1.29 is 13.5 Å². The number of hydrogen-bond acceptors (Lipinski definition) is 5.